The van der Waals surface area contributed by atoms with Crippen molar-refractivity contribution in [3.05, 3.63) is 35.9 Å². The molecule has 1 aliphatic heterocycles. The molecule has 0 radical (unpaired) electrons. The molecule has 1 aliphatic rings. The lowest BCUT2D eigenvalue weighted by molar-refractivity contribution is 0.140. The highest BCUT2D eigenvalue weighted by Gasteiger charge is 2.06. The summed E-state index contributed by atoms with van der Waals surface area (Å²) in [4.78, 5) is 4.29. The van der Waals surface area contributed by atoms with Gasteiger partial charge in [-0.3, -0.25) is 4.99 Å². The van der Waals surface area contributed by atoms with Gasteiger partial charge in [0.05, 0.1) is 6.61 Å². The van der Waals surface area contributed by atoms with Crippen molar-refractivity contribution in [2.24, 2.45) is 4.99 Å². The zero-order valence-electron chi connectivity index (χ0n) is 6.86. The third kappa shape index (κ3) is 1.53. The van der Waals surface area contributed by atoms with Gasteiger partial charge in [0.2, 0.25) is 0 Å². The average Bonchev–Trinajstić information content (AvgIpc) is 2.21. The van der Waals surface area contributed by atoms with E-state index in [1.54, 1.807) is 0 Å². The lowest BCUT2D eigenvalue weighted by Crippen LogP contribution is -2.12. The van der Waals surface area contributed by atoms with Gasteiger partial charge in [-0.05, 0) is 5.56 Å². The first-order valence-electron chi connectivity index (χ1n) is 4.13. The van der Waals surface area contributed by atoms with E-state index in [2.05, 4.69) is 17.1 Å². The largest absolute Gasteiger partial charge is 0.359 e. The minimum Gasteiger partial charge on any atom is -0.359 e. The lowest BCUT2D eigenvalue weighted by atomic mass is 10.1. The molecule has 0 aromatic heterocycles. The second-order valence-corrected chi connectivity index (χ2v) is 2.76. The van der Waals surface area contributed by atoms with Crippen LogP contribution in [0.25, 0.3) is 0 Å². The molecule has 0 N–H and O–H groups in total. The Bertz CT molecular complexity index is 279. The van der Waals surface area contributed by atoms with Crippen LogP contribution in [0.3, 0.4) is 0 Å². The molecule has 1 aromatic carbocycles. The number of aliphatic imine (C=N–C) groups is 1. The first-order valence-corrected chi connectivity index (χ1v) is 4.13. The Kier molecular flexibility index (Phi) is 2.19. The minimum absolute atomic E-state index is 0.518. The van der Waals surface area contributed by atoms with Crippen LogP contribution in [0.5, 0.6) is 0 Å². The van der Waals surface area contributed by atoms with Gasteiger partial charge in [-0.25, -0.2) is 0 Å². The van der Waals surface area contributed by atoms with Gasteiger partial charge in [0, 0.05) is 12.1 Å². The molecule has 0 aliphatic carbocycles. The summed E-state index contributed by atoms with van der Waals surface area (Å²) in [5.41, 5.74) is 2.39. The fourth-order valence-electron chi connectivity index (χ4n) is 1.30. The Morgan fingerprint density at radius 1 is 1.17 bits per heavy atom. The van der Waals surface area contributed by atoms with Gasteiger partial charge in [0.1, 0.15) is 6.73 Å². The molecule has 1 heterocycles. The van der Waals surface area contributed by atoms with Gasteiger partial charge < -0.3 is 4.74 Å². The van der Waals surface area contributed by atoms with Crippen molar-refractivity contribution in [1.29, 1.82) is 0 Å². The van der Waals surface area contributed by atoms with Gasteiger partial charge in [0.25, 0.3) is 0 Å². The Labute approximate surface area is 71.9 Å². The predicted octanol–water partition coefficient (Wildman–Crippen LogP) is 1.85. The van der Waals surface area contributed by atoms with Crippen molar-refractivity contribution in [2.45, 2.75) is 6.42 Å². The topological polar surface area (TPSA) is 21.6 Å². The summed E-state index contributed by atoms with van der Waals surface area (Å²) in [5, 5.41) is 0. The molecule has 62 valence electrons. The van der Waals surface area contributed by atoms with E-state index in [0.29, 0.717) is 6.73 Å². The molecule has 12 heavy (non-hydrogen) atoms. The van der Waals surface area contributed by atoms with Gasteiger partial charge in [0.15, 0.2) is 0 Å². The molecule has 0 amide bonds. The zero-order chi connectivity index (χ0) is 8.23. The molecule has 2 rings (SSSR count). The lowest BCUT2D eigenvalue weighted by Gasteiger charge is -2.11. The number of hydrogen-bond donors (Lipinski definition) is 0. The Morgan fingerprint density at radius 3 is 2.67 bits per heavy atom. The number of rotatable bonds is 1. The summed E-state index contributed by atoms with van der Waals surface area (Å²) in [6, 6.07) is 10.3. The molecule has 0 fully saturated rings. The molecule has 0 saturated heterocycles. The van der Waals surface area contributed by atoms with Crippen LogP contribution in [0.1, 0.15) is 12.0 Å². The molecule has 0 spiro atoms. The highest BCUT2D eigenvalue weighted by Crippen LogP contribution is 2.07. The van der Waals surface area contributed by atoms with Crippen molar-refractivity contribution in [2.75, 3.05) is 13.3 Å². The van der Waals surface area contributed by atoms with E-state index in [1.807, 2.05) is 18.2 Å². The maximum absolute atomic E-state index is 5.13. The summed E-state index contributed by atoms with van der Waals surface area (Å²) in [7, 11) is 0. The molecule has 2 nitrogen and oxygen atoms in total. The molecular formula is C10H11NO. The Morgan fingerprint density at radius 2 is 2.00 bits per heavy atom. The van der Waals surface area contributed by atoms with E-state index in [-0.39, 0.29) is 0 Å². The SMILES string of the molecule is c1ccc(C2=NCOCC2)cc1. The second kappa shape index (κ2) is 3.50. The molecule has 1 aromatic rings. The predicted molar refractivity (Wildman–Crippen MR) is 48.4 cm³/mol. The molecule has 0 unspecified atom stereocenters. The summed E-state index contributed by atoms with van der Waals surface area (Å²) >= 11 is 0. The molecular weight excluding hydrogens is 150 g/mol. The van der Waals surface area contributed by atoms with Crippen molar-refractivity contribution >= 4 is 5.71 Å². The molecule has 0 bridgehead atoms. The molecule has 2 heteroatoms. The van der Waals surface area contributed by atoms with Crippen LogP contribution in [0, 0.1) is 0 Å². The first kappa shape index (κ1) is 7.50. The number of nitrogens with zero attached hydrogens (tertiary/aromatic N) is 1. The van der Waals surface area contributed by atoms with Gasteiger partial charge in [-0.15, -0.1) is 0 Å². The smallest absolute Gasteiger partial charge is 0.137 e. The summed E-state index contributed by atoms with van der Waals surface area (Å²) in [6.45, 7) is 1.32. The summed E-state index contributed by atoms with van der Waals surface area (Å²) in [6.07, 6.45) is 0.935. The van der Waals surface area contributed by atoms with Crippen molar-refractivity contribution in [3.63, 3.8) is 0 Å². The zero-order valence-corrected chi connectivity index (χ0v) is 6.86. The first-order chi connectivity index (χ1) is 5.97. The van der Waals surface area contributed by atoms with E-state index in [9.17, 15) is 0 Å². The monoisotopic (exact) mass is 161 g/mol. The van der Waals surface area contributed by atoms with E-state index in [0.717, 1.165) is 13.0 Å². The summed E-state index contributed by atoms with van der Waals surface area (Å²) < 4.78 is 5.13. The quantitative estimate of drug-likeness (QED) is 0.616. The van der Waals surface area contributed by atoms with Crippen molar-refractivity contribution in [1.82, 2.24) is 0 Å². The Hall–Kier alpha value is -1.15. The maximum Gasteiger partial charge on any atom is 0.137 e. The van der Waals surface area contributed by atoms with Crippen LogP contribution in [-0.4, -0.2) is 19.0 Å². The summed E-state index contributed by atoms with van der Waals surface area (Å²) in [5.74, 6) is 0. The highest BCUT2D eigenvalue weighted by molar-refractivity contribution is 6.00. The van der Waals surface area contributed by atoms with E-state index < -0.39 is 0 Å². The van der Waals surface area contributed by atoms with Crippen LogP contribution >= 0.6 is 0 Å². The van der Waals surface area contributed by atoms with E-state index in [1.165, 1.54) is 11.3 Å². The van der Waals surface area contributed by atoms with E-state index >= 15 is 0 Å². The Balaban J connectivity index is 2.24. The van der Waals surface area contributed by atoms with Crippen LogP contribution in [0.15, 0.2) is 35.3 Å². The third-order valence-corrected chi connectivity index (χ3v) is 1.94. The second-order valence-electron chi connectivity index (χ2n) is 2.76. The van der Waals surface area contributed by atoms with Crippen molar-refractivity contribution < 1.29 is 4.74 Å². The van der Waals surface area contributed by atoms with Crippen LogP contribution in [0.4, 0.5) is 0 Å². The van der Waals surface area contributed by atoms with Gasteiger partial charge in [-0.2, -0.15) is 0 Å². The molecule has 0 saturated carbocycles. The average molecular weight is 161 g/mol. The van der Waals surface area contributed by atoms with Crippen LogP contribution < -0.4 is 0 Å². The standard InChI is InChI=1S/C10H11NO/c1-2-4-9(5-3-1)10-6-7-12-8-11-10/h1-5H,6-8H2. The normalized spacial score (nSPS) is 17.2. The minimum atomic E-state index is 0.518. The molecule has 0 atom stereocenters. The highest BCUT2D eigenvalue weighted by atomic mass is 16.5. The van der Waals surface area contributed by atoms with E-state index in [4.69, 9.17) is 4.74 Å². The van der Waals surface area contributed by atoms with Gasteiger partial charge >= 0.3 is 0 Å². The maximum atomic E-state index is 5.13. The van der Waals surface area contributed by atoms with Crippen LogP contribution in [0.2, 0.25) is 0 Å². The fraction of sp³-hybridized carbons (Fsp3) is 0.300. The third-order valence-electron chi connectivity index (χ3n) is 1.94. The fourth-order valence-corrected chi connectivity index (χ4v) is 1.30. The number of hydrogen-bond acceptors (Lipinski definition) is 2. The van der Waals surface area contributed by atoms with Crippen molar-refractivity contribution in [3.8, 4) is 0 Å². The van der Waals surface area contributed by atoms with Gasteiger partial charge in [-0.1, -0.05) is 30.3 Å². The number of ether oxygens (including phenoxy) is 1. The van der Waals surface area contributed by atoms with Crippen LogP contribution in [-0.2, 0) is 4.74 Å². The number of benzene rings is 1.